The molecule has 2 unspecified atom stereocenters. The third kappa shape index (κ3) is 37.7. The summed E-state index contributed by atoms with van der Waals surface area (Å²) in [6.45, 7) is 33.7. The predicted octanol–water partition coefficient (Wildman–Crippen LogP) is 13.6. The first-order chi connectivity index (χ1) is 60.3. The Bertz CT molecular complexity index is 5000. The van der Waals surface area contributed by atoms with E-state index in [0.717, 1.165) is 45.6 Å². The maximum atomic E-state index is 12.7. The van der Waals surface area contributed by atoms with Gasteiger partial charge in [-0.3, -0.25) is 0 Å². The van der Waals surface area contributed by atoms with E-state index in [1.807, 2.05) is 90.1 Å². The third-order valence-electron chi connectivity index (χ3n) is 16.1. The van der Waals surface area contributed by atoms with Crippen LogP contribution in [0.5, 0.6) is 69.0 Å². The number of esters is 4. The Labute approximate surface area is 730 Å². The molecule has 2 atom stereocenters. The molecule has 10 N–H and O–H groups in total. The van der Waals surface area contributed by atoms with Crippen LogP contribution in [0, 0.1) is 0 Å². The molecule has 0 aromatic heterocycles. The van der Waals surface area contributed by atoms with Gasteiger partial charge >= 0.3 is 72.6 Å². The van der Waals surface area contributed by atoms with Gasteiger partial charge in [0.15, 0.2) is 0 Å². The van der Waals surface area contributed by atoms with E-state index in [0.29, 0.717) is 0 Å². The van der Waals surface area contributed by atoms with Crippen LogP contribution < -0.4 is 99.4 Å². The molecule has 668 valence electrons. The van der Waals surface area contributed by atoms with Crippen LogP contribution in [0.4, 0.5) is 38.4 Å². The number of amides is 8. The fourth-order valence-corrected chi connectivity index (χ4v) is 9.74. The summed E-state index contributed by atoms with van der Waals surface area (Å²) < 4.78 is 72.1. The largest absolute Gasteiger partial charge is 0.491 e. The number of rotatable bonds is 36. The topological polar surface area (TPSA) is 471 Å². The van der Waals surface area contributed by atoms with E-state index in [2.05, 4.69) is 82.0 Å². The van der Waals surface area contributed by atoms with Gasteiger partial charge < -0.3 is 119 Å². The standard InChI is InChI=1S/C41H44N4O8.C29H34N2O12.C21H18N2O8/c1-26(2)28-13-9-15-30(21-28)40(5,6)44-38(48)52-34-19-11-17-32(23-34)50-36(46)42-25-43-37(47)51-33-18-12-20-35(24-33)53-39(49)45-41(7,8)31-16-10-14-29(22-31)27(3)4;1-18(2)26(34)40-15-20(32)13-38-22-7-5-9-24(11-22)42-28(36)30-17-31-29(37)43-25-10-6-8-23(12-25)39-14-21(33)16-41-27(35)19(3)4;1-3-18(24)28-14-7-5-9-16(11-14)30-20(26)22-13-23-21(27)31-17-10-6-8-15(12-17)29-19(25)4-2/h9-24H,1,3,25H2,2,4-8H3,(H,42,46)(H,43,47)(H,44,48)(H,45,49);5-12,20-21,32-33H,1,3,13-17H2,2,4H3,(H,30,36)(H,31,37);3-12H,1-2,13H2,(H,22,26)(H,23,27). The lowest BCUT2D eigenvalue weighted by Crippen LogP contribution is -2.42. The van der Waals surface area contributed by atoms with E-state index in [-0.39, 0.29) is 127 Å². The number of ether oxygens (including phenoxy) is 14. The SMILES string of the molecule is C=C(C)C(=O)OCC(O)COc1cccc(OC(=O)NCNC(=O)Oc2cccc(OCC(O)COC(=O)C(=C)C)c2)c1.C=C(C)c1cccc(C(C)(C)NC(=O)Oc2cccc(OC(=O)NCNC(=O)Oc3cccc(OC(=O)NC(C)(C)c4cccc(C(=C)C)c4)c3)c2)c1.C=CC(=O)Oc1cccc(OC(=O)NCNC(=O)Oc2cccc(OC(=O)C=C)c2)c1. The molecule has 0 heterocycles. The Kier molecular flexibility index (Phi) is 39.4. The quantitative estimate of drug-likeness (QED) is 0.00754. The van der Waals surface area contributed by atoms with E-state index < -0.39 is 95.9 Å². The van der Waals surface area contributed by atoms with Gasteiger partial charge in [-0.15, -0.1) is 0 Å². The highest BCUT2D eigenvalue weighted by Gasteiger charge is 2.27. The second-order valence-electron chi connectivity index (χ2n) is 27.7. The molecule has 0 bridgehead atoms. The summed E-state index contributed by atoms with van der Waals surface area (Å²) >= 11 is 0. The minimum absolute atomic E-state index is 0.0911. The number of allylic oxidation sites excluding steroid dienone is 2. The normalized spacial score (nSPS) is 10.9. The summed E-state index contributed by atoms with van der Waals surface area (Å²) in [4.78, 5) is 143. The molecular weight excluding hydrogens is 1650 g/mol. The fraction of sp³-hybridized carbons (Fsp3) is 0.209. The maximum absolute atomic E-state index is 12.7. The molecule has 0 radical (unpaired) electrons. The number of hydrogen-bond acceptors (Lipinski definition) is 28. The van der Waals surface area contributed by atoms with Crippen molar-refractivity contribution in [1.82, 2.24) is 42.5 Å². The Morgan fingerprint density at radius 2 is 0.535 bits per heavy atom. The van der Waals surface area contributed by atoms with Crippen LogP contribution in [0.2, 0.25) is 0 Å². The first-order valence-corrected chi connectivity index (χ1v) is 38.2. The highest BCUT2D eigenvalue weighted by atomic mass is 16.6. The van der Waals surface area contributed by atoms with Crippen LogP contribution in [0.25, 0.3) is 11.1 Å². The molecule has 0 aliphatic rings. The molecular formula is C91H96N8O28. The number of carbonyl (C=O) groups is 12. The molecule has 0 aliphatic heterocycles. The first kappa shape index (κ1) is 99.6. The van der Waals surface area contributed by atoms with Crippen molar-refractivity contribution < 1.29 is 134 Å². The summed E-state index contributed by atoms with van der Waals surface area (Å²) in [5.74, 6) is -0.749. The molecule has 0 saturated heterocycles. The van der Waals surface area contributed by atoms with Gasteiger partial charge in [0.05, 0.1) is 31.1 Å². The van der Waals surface area contributed by atoms with E-state index in [4.69, 9.17) is 66.3 Å². The summed E-state index contributed by atoms with van der Waals surface area (Å²) in [7, 11) is 0. The van der Waals surface area contributed by atoms with Gasteiger partial charge in [0.25, 0.3) is 0 Å². The zero-order valence-corrected chi connectivity index (χ0v) is 70.5. The van der Waals surface area contributed by atoms with Crippen LogP contribution in [0.3, 0.4) is 0 Å². The average Bonchev–Trinajstić information content (AvgIpc) is 0.826. The average molecular weight is 1750 g/mol. The van der Waals surface area contributed by atoms with E-state index in [9.17, 15) is 67.7 Å². The van der Waals surface area contributed by atoms with Gasteiger partial charge in [-0.2, -0.15) is 0 Å². The van der Waals surface area contributed by atoms with Crippen LogP contribution in [-0.4, -0.2) is 141 Å². The number of hydrogen-bond donors (Lipinski definition) is 10. The summed E-state index contributed by atoms with van der Waals surface area (Å²) in [6.07, 6.45) is -6.87. The Morgan fingerprint density at radius 3 is 0.772 bits per heavy atom. The lowest BCUT2D eigenvalue weighted by Gasteiger charge is -2.27. The molecule has 8 rings (SSSR count). The van der Waals surface area contributed by atoms with E-state index in [1.165, 1.54) is 123 Å². The van der Waals surface area contributed by atoms with Crippen molar-refractivity contribution in [3.05, 3.63) is 279 Å². The molecule has 36 heteroatoms. The molecule has 8 amide bonds. The Morgan fingerprint density at radius 1 is 0.315 bits per heavy atom. The van der Waals surface area contributed by atoms with Crippen LogP contribution in [0.15, 0.2) is 257 Å². The minimum Gasteiger partial charge on any atom is -0.491 e. The van der Waals surface area contributed by atoms with Gasteiger partial charge in [-0.1, -0.05) is 123 Å². The second-order valence-corrected chi connectivity index (χ2v) is 27.7. The number of aliphatic hydroxyl groups excluding tert-OH is 2. The lowest BCUT2D eigenvalue weighted by atomic mass is 9.92. The number of aliphatic hydroxyl groups is 2. The van der Waals surface area contributed by atoms with Crippen molar-refractivity contribution in [2.75, 3.05) is 46.4 Å². The lowest BCUT2D eigenvalue weighted by molar-refractivity contribution is -0.143. The van der Waals surface area contributed by atoms with E-state index >= 15 is 0 Å². The highest BCUT2D eigenvalue weighted by Crippen LogP contribution is 2.30. The van der Waals surface area contributed by atoms with Crippen molar-refractivity contribution in [3.8, 4) is 69.0 Å². The third-order valence-corrected chi connectivity index (χ3v) is 16.1. The Balaban J connectivity index is 0.000000304. The maximum Gasteiger partial charge on any atom is 0.413 e. The van der Waals surface area contributed by atoms with Crippen LogP contribution in [-0.2, 0) is 39.7 Å². The number of nitrogens with one attached hydrogen (secondary N) is 8. The van der Waals surface area contributed by atoms with Crippen molar-refractivity contribution >= 4 is 83.8 Å². The van der Waals surface area contributed by atoms with Gasteiger partial charge in [-0.25, -0.2) is 57.5 Å². The van der Waals surface area contributed by atoms with Gasteiger partial charge in [0.2, 0.25) is 0 Å². The molecule has 36 nitrogen and oxygen atoms in total. The van der Waals surface area contributed by atoms with Gasteiger partial charge in [0, 0.05) is 59.7 Å². The van der Waals surface area contributed by atoms with Crippen molar-refractivity contribution in [2.24, 2.45) is 0 Å². The number of benzene rings is 8. The zero-order chi connectivity index (χ0) is 93.2. The van der Waals surface area contributed by atoms with Crippen molar-refractivity contribution in [2.45, 2.75) is 78.7 Å². The predicted molar refractivity (Wildman–Crippen MR) is 461 cm³/mol. The summed E-state index contributed by atoms with van der Waals surface area (Å²) in [6, 6.07) is 50.9. The molecule has 8 aromatic rings. The molecule has 0 fully saturated rings. The van der Waals surface area contributed by atoms with Crippen molar-refractivity contribution in [3.63, 3.8) is 0 Å². The fourth-order valence-electron chi connectivity index (χ4n) is 9.74. The monoisotopic (exact) mass is 1750 g/mol. The van der Waals surface area contributed by atoms with Crippen molar-refractivity contribution in [1.29, 1.82) is 0 Å². The highest BCUT2D eigenvalue weighted by molar-refractivity contribution is 5.88. The smallest absolute Gasteiger partial charge is 0.413 e. The second kappa shape index (κ2) is 50.2. The molecule has 0 aliphatic carbocycles. The molecule has 0 saturated carbocycles. The molecule has 0 spiro atoms. The van der Waals surface area contributed by atoms with Gasteiger partial charge in [0.1, 0.15) is 108 Å². The minimum atomic E-state index is -1.09. The molecule has 8 aromatic carbocycles. The Hall–Kier alpha value is -16.2. The van der Waals surface area contributed by atoms with E-state index in [1.54, 1.807) is 36.4 Å². The van der Waals surface area contributed by atoms with Crippen LogP contribution in [0.1, 0.15) is 77.6 Å². The first-order valence-electron chi connectivity index (χ1n) is 38.2. The summed E-state index contributed by atoms with van der Waals surface area (Å²) in [5.41, 5.74) is 4.35. The van der Waals surface area contributed by atoms with Crippen LogP contribution >= 0.6 is 0 Å². The number of carbonyl (C=O) groups excluding carboxylic acids is 12. The summed E-state index contributed by atoms with van der Waals surface area (Å²) in [5, 5.41) is 39.4. The zero-order valence-electron chi connectivity index (χ0n) is 70.5. The van der Waals surface area contributed by atoms with Gasteiger partial charge in [-0.05, 0) is 163 Å². The molecule has 127 heavy (non-hydrogen) atoms.